The third kappa shape index (κ3) is 4.38. The van der Waals surface area contributed by atoms with Gasteiger partial charge in [-0.3, -0.25) is 5.43 Å². The zero-order chi connectivity index (χ0) is 16.1. The zero-order valence-corrected chi connectivity index (χ0v) is 13.3. The molecule has 0 aliphatic rings. The van der Waals surface area contributed by atoms with Gasteiger partial charge in [0.15, 0.2) is 5.15 Å². The van der Waals surface area contributed by atoms with Crippen LogP contribution in [0.2, 0.25) is 5.15 Å². The van der Waals surface area contributed by atoms with Gasteiger partial charge in [-0.15, -0.1) is 21.5 Å². The van der Waals surface area contributed by atoms with Crippen LogP contribution in [-0.2, 0) is 0 Å². The highest BCUT2D eigenvalue weighted by molar-refractivity contribution is 7.14. The number of halogens is 1. The van der Waals surface area contributed by atoms with Crippen LogP contribution in [0.5, 0.6) is 11.6 Å². The molecule has 0 radical (unpaired) electrons. The van der Waals surface area contributed by atoms with E-state index in [4.69, 9.17) is 22.1 Å². The van der Waals surface area contributed by atoms with Gasteiger partial charge in [-0.2, -0.15) is 5.10 Å². The van der Waals surface area contributed by atoms with Crippen LogP contribution in [0.1, 0.15) is 5.56 Å². The molecule has 0 fully saturated rings. The summed E-state index contributed by atoms with van der Waals surface area (Å²) in [6.45, 7) is 0. The van der Waals surface area contributed by atoms with Crippen molar-refractivity contribution in [3.63, 3.8) is 0 Å². The number of benzene rings is 1. The van der Waals surface area contributed by atoms with E-state index in [1.54, 1.807) is 23.7 Å². The van der Waals surface area contributed by atoms with Crippen LogP contribution in [0, 0.1) is 0 Å². The summed E-state index contributed by atoms with van der Waals surface area (Å²) < 4.78 is 5.60. The number of rotatable bonds is 5. The van der Waals surface area contributed by atoms with Gasteiger partial charge in [0.1, 0.15) is 11.6 Å². The number of ether oxygens (including phenoxy) is 1. The average Bonchev–Trinajstić information content (AvgIpc) is 2.96. The van der Waals surface area contributed by atoms with Crippen LogP contribution < -0.4 is 15.9 Å². The lowest BCUT2D eigenvalue weighted by molar-refractivity contribution is 0.455. The molecule has 0 spiro atoms. The van der Waals surface area contributed by atoms with Crippen molar-refractivity contribution in [2.75, 3.05) is 11.2 Å². The van der Waals surface area contributed by atoms with E-state index in [1.807, 2.05) is 24.3 Å². The summed E-state index contributed by atoms with van der Waals surface area (Å²) >= 11 is 7.06. The predicted molar refractivity (Wildman–Crippen MR) is 91.3 cm³/mol. The first-order valence-electron chi connectivity index (χ1n) is 6.46. The molecule has 3 rings (SSSR count). The number of anilines is 2. The van der Waals surface area contributed by atoms with E-state index in [-0.39, 0.29) is 0 Å². The van der Waals surface area contributed by atoms with Crippen molar-refractivity contribution in [3.8, 4) is 11.6 Å². The number of hydrogen-bond donors (Lipinski definition) is 2. The Hall–Kier alpha value is -2.71. The molecular weight excluding hydrogens is 336 g/mol. The highest BCUT2D eigenvalue weighted by Crippen LogP contribution is 2.20. The van der Waals surface area contributed by atoms with Gasteiger partial charge in [0.05, 0.1) is 6.21 Å². The molecule has 7 nitrogen and oxygen atoms in total. The van der Waals surface area contributed by atoms with Crippen molar-refractivity contribution in [3.05, 3.63) is 52.5 Å². The number of nitrogens with one attached hydrogen (secondary N) is 1. The van der Waals surface area contributed by atoms with Crippen molar-refractivity contribution >= 4 is 40.1 Å². The smallest absolute Gasteiger partial charge is 0.238 e. The van der Waals surface area contributed by atoms with E-state index in [9.17, 15) is 0 Å². The van der Waals surface area contributed by atoms with Crippen LogP contribution >= 0.6 is 22.9 Å². The lowest BCUT2D eigenvalue weighted by Crippen LogP contribution is -1.93. The molecule has 1 aromatic carbocycles. The number of hydrazone groups is 1. The molecule has 0 saturated carbocycles. The summed E-state index contributed by atoms with van der Waals surface area (Å²) in [6, 6.07) is 10.6. The molecule has 2 heterocycles. The fourth-order valence-corrected chi connectivity index (χ4v) is 2.29. The normalized spacial score (nSPS) is 10.8. The molecular formula is C14H11ClN6OS. The number of hydrogen-bond acceptors (Lipinski definition) is 8. The first kappa shape index (κ1) is 15.2. The monoisotopic (exact) mass is 346 g/mol. The SMILES string of the molecule is Nc1csc(NN=Cc2cccc(Oc3ccc(Cl)nn3)c2)n1. The van der Waals surface area contributed by atoms with E-state index >= 15 is 0 Å². The van der Waals surface area contributed by atoms with Gasteiger partial charge in [0.2, 0.25) is 11.0 Å². The van der Waals surface area contributed by atoms with Crippen molar-refractivity contribution < 1.29 is 4.74 Å². The van der Waals surface area contributed by atoms with Crippen LogP contribution in [0.15, 0.2) is 46.9 Å². The summed E-state index contributed by atoms with van der Waals surface area (Å²) in [6.07, 6.45) is 1.65. The number of aromatic nitrogens is 3. The van der Waals surface area contributed by atoms with Gasteiger partial charge >= 0.3 is 0 Å². The third-order valence-electron chi connectivity index (χ3n) is 2.58. The number of nitrogens with zero attached hydrogens (tertiary/aromatic N) is 4. The second-order valence-corrected chi connectivity index (χ2v) is 5.56. The molecule has 3 aromatic rings. The Morgan fingerprint density at radius 2 is 2.17 bits per heavy atom. The molecule has 9 heteroatoms. The fraction of sp³-hybridized carbons (Fsp3) is 0. The van der Waals surface area contributed by atoms with Gasteiger partial charge in [-0.25, -0.2) is 4.98 Å². The maximum absolute atomic E-state index is 5.68. The summed E-state index contributed by atoms with van der Waals surface area (Å²) in [5, 5.41) is 14.3. The van der Waals surface area contributed by atoms with Gasteiger partial charge in [-0.1, -0.05) is 23.7 Å². The molecule has 0 saturated heterocycles. The largest absolute Gasteiger partial charge is 0.438 e. The van der Waals surface area contributed by atoms with Gasteiger partial charge in [0, 0.05) is 11.4 Å². The van der Waals surface area contributed by atoms with E-state index < -0.39 is 0 Å². The third-order valence-corrected chi connectivity index (χ3v) is 3.55. The Labute approximate surface area is 140 Å². The van der Waals surface area contributed by atoms with Crippen molar-refractivity contribution in [1.82, 2.24) is 15.2 Å². The Kier molecular flexibility index (Phi) is 4.65. The molecule has 0 aliphatic carbocycles. The summed E-state index contributed by atoms with van der Waals surface area (Å²) in [4.78, 5) is 4.04. The van der Waals surface area contributed by atoms with E-state index in [2.05, 4.69) is 25.7 Å². The van der Waals surface area contributed by atoms with Crippen LogP contribution in [0.4, 0.5) is 10.9 Å². The minimum Gasteiger partial charge on any atom is -0.438 e. The molecule has 3 N–H and O–H groups in total. The Morgan fingerprint density at radius 1 is 1.26 bits per heavy atom. The van der Waals surface area contributed by atoms with Crippen LogP contribution in [0.3, 0.4) is 0 Å². The van der Waals surface area contributed by atoms with E-state index in [1.165, 1.54) is 11.3 Å². The van der Waals surface area contributed by atoms with E-state index in [0.29, 0.717) is 27.7 Å². The molecule has 0 amide bonds. The van der Waals surface area contributed by atoms with Crippen LogP contribution in [-0.4, -0.2) is 21.4 Å². The first-order valence-corrected chi connectivity index (χ1v) is 7.72. The van der Waals surface area contributed by atoms with E-state index in [0.717, 1.165) is 5.56 Å². The molecule has 0 bridgehead atoms. The van der Waals surface area contributed by atoms with Gasteiger partial charge < -0.3 is 10.5 Å². The lowest BCUT2D eigenvalue weighted by Gasteiger charge is -2.04. The lowest BCUT2D eigenvalue weighted by atomic mass is 10.2. The standard InChI is InChI=1S/C14H11ClN6OS/c15-11-4-5-13(20-19-11)22-10-3-1-2-9(6-10)7-17-21-14-18-12(16)8-23-14/h1-8H,16H2,(H,18,21). The van der Waals surface area contributed by atoms with Gasteiger partial charge in [0.25, 0.3) is 0 Å². The maximum Gasteiger partial charge on any atom is 0.238 e. The number of nitrogen functional groups attached to an aromatic ring is 1. The summed E-state index contributed by atoms with van der Waals surface area (Å²) in [5.74, 6) is 1.44. The fourth-order valence-electron chi connectivity index (χ4n) is 1.64. The van der Waals surface area contributed by atoms with Gasteiger partial charge in [-0.05, 0) is 23.8 Å². The number of nitrogens with two attached hydrogens (primary N) is 1. The first-order chi connectivity index (χ1) is 11.2. The average molecular weight is 347 g/mol. The Balaban J connectivity index is 1.65. The molecule has 0 atom stereocenters. The van der Waals surface area contributed by atoms with Crippen molar-refractivity contribution in [2.24, 2.45) is 5.10 Å². The second-order valence-electron chi connectivity index (χ2n) is 4.32. The van der Waals surface area contributed by atoms with Crippen molar-refractivity contribution in [2.45, 2.75) is 0 Å². The highest BCUT2D eigenvalue weighted by Gasteiger charge is 2.01. The molecule has 0 aliphatic heterocycles. The molecule has 2 aromatic heterocycles. The Bertz CT molecular complexity index is 820. The highest BCUT2D eigenvalue weighted by atomic mass is 35.5. The minimum absolute atomic E-state index is 0.312. The summed E-state index contributed by atoms with van der Waals surface area (Å²) in [7, 11) is 0. The predicted octanol–water partition coefficient (Wildman–Crippen LogP) is 3.41. The quantitative estimate of drug-likeness (QED) is 0.542. The molecule has 116 valence electrons. The Morgan fingerprint density at radius 3 is 2.91 bits per heavy atom. The molecule has 0 unspecified atom stereocenters. The van der Waals surface area contributed by atoms with Crippen molar-refractivity contribution in [1.29, 1.82) is 0 Å². The number of thiazole rings is 1. The van der Waals surface area contributed by atoms with Crippen LogP contribution in [0.25, 0.3) is 0 Å². The second kappa shape index (κ2) is 7.03. The topological polar surface area (TPSA) is 98.3 Å². The molecule has 23 heavy (non-hydrogen) atoms. The zero-order valence-electron chi connectivity index (χ0n) is 11.7. The maximum atomic E-state index is 5.68. The summed E-state index contributed by atoms with van der Waals surface area (Å²) in [5.41, 5.74) is 9.19. The minimum atomic E-state index is 0.312.